The summed E-state index contributed by atoms with van der Waals surface area (Å²) in [6.45, 7) is 4.49. The van der Waals surface area contributed by atoms with Crippen LogP contribution in [0, 0.1) is 13.8 Å². The smallest absolute Gasteiger partial charge is 0.0482 e. The van der Waals surface area contributed by atoms with Crippen molar-refractivity contribution in [3.63, 3.8) is 0 Å². The molecule has 1 aliphatic rings. The van der Waals surface area contributed by atoms with E-state index in [2.05, 4.69) is 220 Å². The molecule has 0 saturated heterocycles. The van der Waals surface area contributed by atoms with Crippen LogP contribution in [0.15, 0.2) is 182 Å². The van der Waals surface area contributed by atoms with Gasteiger partial charge in [0.15, 0.2) is 0 Å². The maximum atomic E-state index is 2.37. The van der Waals surface area contributed by atoms with Gasteiger partial charge in [0.1, 0.15) is 0 Å². The largest absolute Gasteiger partial charge is 0.344 e. The molecule has 274 valence electrons. The number of hydrogen-bond donors (Lipinski definition) is 0. The first-order valence-corrected chi connectivity index (χ1v) is 20.2. The van der Waals surface area contributed by atoms with Gasteiger partial charge in [0.05, 0.1) is 0 Å². The fourth-order valence-corrected chi connectivity index (χ4v) is 9.68. The molecule has 0 atom stereocenters. The summed E-state index contributed by atoms with van der Waals surface area (Å²) in [5, 5.41) is 10.4. The van der Waals surface area contributed by atoms with E-state index in [0.717, 1.165) is 0 Å². The highest BCUT2D eigenvalue weighted by atomic mass is 15.1. The van der Waals surface area contributed by atoms with Crippen LogP contribution in [-0.4, -0.2) is 7.05 Å². The van der Waals surface area contributed by atoms with Gasteiger partial charge in [0.25, 0.3) is 0 Å². The molecule has 1 nitrogen and oxygen atoms in total. The van der Waals surface area contributed by atoms with Crippen LogP contribution in [0.4, 0.5) is 11.4 Å². The van der Waals surface area contributed by atoms with Gasteiger partial charge in [-0.3, -0.25) is 0 Å². The highest BCUT2D eigenvalue weighted by Crippen LogP contribution is 2.44. The molecule has 0 fully saturated rings. The first-order valence-electron chi connectivity index (χ1n) is 20.2. The Balaban J connectivity index is 0.965. The predicted molar refractivity (Wildman–Crippen MR) is 251 cm³/mol. The summed E-state index contributed by atoms with van der Waals surface area (Å²) in [6, 6.07) is 67.3. The minimum Gasteiger partial charge on any atom is -0.344 e. The second-order valence-electron chi connectivity index (χ2n) is 15.8. The lowest BCUT2D eigenvalue weighted by Crippen LogP contribution is -2.11. The lowest BCUT2D eigenvalue weighted by atomic mass is 9.88. The van der Waals surface area contributed by atoms with Crippen LogP contribution < -0.4 is 4.90 Å². The zero-order valence-corrected chi connectivity index (χ0v) is 32.9. The fourth-order valence-electron chi connectivity index (χ4n) is 9.68. The molecule has 1 heterocycles. The van der Waals surface area contributed by atoms with Gasteiger partial charge < -0.3 is 4.90 Å². The molecule has 11 rings (SSSR count). The van der Waals surface area contributed by atoms with Gasteiger partial charge in [-0.15, -0.1) is 0 Å². The lowest BCUT2D eigenvalue weighted by Gasteiger charge is -2.23. The van der Waals surface area contributed by atoms with Gasteiger partial charge in [0, 0.05) is 18.4 Å². The first kappa shape index (κ1) is 34.1. The van der Waals surface area contributed by atoms with E-state index in [9.17, 15) is 0 Å². The van der Waals surface area contributed by atoms with E-state index in [1.165, 1.54) is 121 Å². The Kier molecular flexibility index (Phi) is 7.91. The highest BCUT2D eigenvalue weighted by molar-refractivity contribution is 6.16. The minimum atomic E-state index is 1.19. The number of aryl methyl sites for hydroxylation is 2. The molecule has 58 heavy (non-hydrogen) atoms. The molecule has 0 aromatic heterocycles. The molecule has 0 amide bonds. The van der Waals surface area contributed by atoms with Crippen molar-refractivity contribution in [2.45, 2.75) is 13.8 Å². The van der Waals surface area contributed by atoms with E-state index in [4.69, 9.17) is 0 Å². The molecule has 0 unspecified atom stereocenters. The molecule has 0 spiro atoms. The normalized spacial score (nSPS) is 12.3. The van der Waals surface area contributed by atoms with Crippen molar-refractivity contribution in [3.05, 3.63) is 204 Å². The monoisotopic (exact) mass is 739 g/mol. The molecule has 1 aliphatic heterocycles. The van der Waals surface area contributed by atoms with E-state index >= 15 is 0 Å². The fraction of sp³-hybridized carbons (Fsp3) is 0.0526. The Hall–Kier alpha value is -7.22. The van der Waals surface area contributed by atoms with Crippen molar-refractivity contribution in [1.29, 1.82) is 0 Å². The van der Waals surface area contributed by atoms with Gasteiger partial charge in [0.2, 0.25) is 0 Å². The summed E-state index contributed by atoms with van der Waals surface area (Å²) in [5.74, 6) is 0. The minimum absolute atomic E-state index is 1.19. The maximum absolute atomic E-state index is 2.37. The van der Waals surface area contributed by atoms with Crippen LogP contribution in [0.25, 0.3) is 99.7 Å². The Bertz CT molecular complexity index is 2990. The van der Waals surface area contributed by atoms with Crippen molar-refractivity contribution in [1.82, 2.24) is 0 Å². The summed E-state index contributed by atoms with van der Waals surface area (Å²) >= 11 is 0. The van der Waals surface area contributed by atoms with Crippen LogP contribution in [-0.2, 0) is 0 Å². The molecule has 0 saturated carbocycles. The molecule has 0 bridgehead atoms. The number of fused-ring (bicyclic) bond motifs is 6. The quantitative estimate of drug-likeness (QED) is 0.163. The third-order valence-electron chi connectivity index (χ3n) is 12.6. The number of nitrogens with zero attached hydrogens (tertiary/aromatic N) is 1. The van der Waals surface area contributed by atoms with Crippen molar-refractivity contribution >= 4 is 66.6 Å². The van der Waals surface area contributed by atoms with Crippen LogP contribution in [0.5, 0.6) is 0 Å². The average molecular weight is 740 g/mol. The Morgan fingerprint density at radius 3 is 0.966 bits per heavy atom. The Morgan fingerprint density at radius 1 is 0.293 bits per heavy atom. The molecule has 10 aromatic rings. The van der Waals surface area contributed by atoms with Crippen molar-refractivity contribution in [2.24, 2.45) is 0 Å². The number of anilines is 2. The van der Waals surface area contributed by atoms with Crippen LogP contribution in [0.2, 0.25) is 0 Å². The van der Waals surface area contributed by atoms with Crippen LogP contribution in [0.1, 0.15) is 22.3 Å². The second kappa shape index (κ2) is 13.5. The molecular weight excluding hydrogens is 699 g/mol. The molecule has 10 aromatic carbocycles. The van der Waals surface area contributed by atoms with E-state index in [-0.39, 0.29) is 0 Å². The van der Waals surface area contributed by atoms with E-state index in [0.29, 0.717) is 0 Å². The predicted octanol–water partition coefficient (Wildman–Crippen LogP) is 15.8. The van der Waals surface area contributed by atoms with E-state index < -0.39 is 0 Å². The highest BCUT2D eigenvalue weighted by Gasteiger charge is 2.19. The van der Waals surface area contributed by atoms with Crippen molar-refractivity contribution in [2.75, 3.05) is 11.9 Å². The topological polar surface area (TPSA) is 3.24 Å². The molecule has 0 aliphatic carbocycles. The second-order valence-corrected chi connectivity index (χ2v) is 15.8. The summed E-state index contributed by atoms with van der Waals surface area (Å²) < 4.78 is 0. The van der Waals surface area contributed by atoms with Crippen LogP contribution >= 0.6 is 0 Å². The summed E-state index contributed by atoms with van der Waals surface area (Å²) in [4.78, 5) is 2.33. The third kappa shape index (κ3) is 5.39. The van der Waals surface area contributed by atoms with Gasteiger partial charge >= 0.3 is 0 Å². The van der Waals surface area contributed by atoms with Crippen molar-refractivity contribution < 1.29 is 0 Å². The summed E-state index contributed by atoms with van der Waals surface area (Å²) in [7, 11) is 2.19. The molecular formula is C57H41N. The van der Waals surface area contributed by atoms with Gasteiger partial charge in [-0.05, 0) is 160 Å². The van der Waals surface area contributed by atoms with Gasteiger partial charge in [-0.2, -0.15) is 0 Å². The average Bonchev–Trinajstić information content (AvgIpc) is 3.42. The lowest BCUT2D eigenvalue weighted by molar-refractivity contribution is 1.20. The number of benzene rings is 10. The van der Waals surface area contributed by atoms with Gasteiger partial charge in [-0.25, -0.2) is 0 Å². The number of rotatable bonds is 4. The van der Waals surface area contributed by atoms with E-state index in [1.54, 1.807) is 0 Å². The summed E-state index contributed by atoms with van der Waals surface area (Å²) in [6.07, 6.45) is 4.58. The zero-order valence-electron chi connectivity index (χ0n) is 32.9. The number of hydrogen-bond acceptors (Lipinski definition) is 1. The third-order valence-corrected chi connectivity index (χ3v) is 12.6. The molecule has 1 heteroatoms. The first-order chi connectivity index (χ1) is 28.5. The zero-order chi connectivity index (χ0) is 38.9. The Labute approximate surface area is 339 Å². The van der Waals surface area contributed by atoms with E-state index in [1.807, 2.05) is 0 Å². The maximum Gasteiger partial charge on any atom is 0.0482 e. The van der Waals surface area contributed by atoms with Crippen LogP contribution in [0.3, 0.4) is 0 Å². The Morgan fingerprint density at radius 2 is 0.603 bits per heavy atom. The SMILES string of the molecule is Cc1c2ccccc2c(-c2cccc(-c3ccc4c(c3)C=Cc3cc(-c5cccc(-c6c7ccccc7c(C)c7ccccc67)c5)ccc3N4C)c2)c2ccccc12. The molecule has 0 N–H and O–H groups in total. The van der Waals surface area contributed by atoms with Crippen molar-refractivity contribution in [3.8, 4) is 44.5 Å². The molecule has 0 radical (unpaired) electrons. The van der Waals surface area contributed by atoms with Gasteiger partial charge in [-0.1, -0.05) is 158 Å². The standard InChI is InChI=1S/C57H41N/c1-36-46-18-4-8-22-50(46)56(51-23-9-5-19-47(36)51)44-16-12-14-38(34-44)40-28-30-54-42(32-40)26-27-43-33-41(29-31-55(43)58(54)3)39-15-13-17-45(35-39)57-52-24-10-6-20-48(52)37(2)49-21-7-11-25-53(49)57/h4-35H,1-3H3. The summed E-state index contributed by atoms with van der Waals surface area (Å²) in [5.41, 5.74) is 17.4.